The van der Waals surface area contributed by atoms with Crippen LogP contribution in [0.25, 0.3) is 0 Å². The lowest BCUT2D eigenvalue weighted by atomic mass is 9.84. The van der Waals surface area contributed by atoms with Crippen LogP contribution >= 0.6 is 0 Å². The number of benzene rings is 2. The molecule has 9 nitrogen and oxygen atoms in total. The number of amidine groups is 1. The zero-order valence-electron chi connectivity index (χ0n) is 23.1. The van der Waals surface area contributed by atoms with Crippen molar-refractivity contribution in [1.82, 2.24) is 14.6 Å². The fourth-order valence-corrected chi connectivity index (χ4v) is 5.92. The van der Waals surface area contributed by atoms with Crippen molar-refractivity contribution < 1.29 is 18.3 Å². The van der Waals surface area contributed by atoms with Gasteiger partial charge in [-0.2, -0.15) is 5.10 Å². The molecule has 0 bridgehead atoms. The fraction of sp³-hybridized carbons (Fsp3) is 0.400. The third kappa shape index (κ3) is 5.33. The van der Waals surface area contributed by atoms with E-state index >= 15 is 4.39 Å². The maximum absolute atomic E-state index is 15.7. The molecule has 214 valence electrons. The molecule has 2 aromatic carbocycles. The van der Waals surface area contributed by atoms with Gasteiger partial charge in [-0.05, 0) is 68.9 Å². The number of halogens is 2. The van der Waals surface area contributed by atoms with Crippen LogP contribution in [-0.4, -0.2) is 57.4 Å². The molecule has 0 radical (unpaired) electrons. The van der Waals surface area contributed by atoms with Gasteiger partial charge in [-0.15, -0.1) is 0 Å². The monoisotopic (exact) mass is 561 g/mol. The van der Waals surface area contributed by atoms with Gasteiger partial charge in [0.25, 0.3) is 0 Å². The minimum atomic E-state index is -0.806. The molecule has 6 rings (SSSR count). The van der Waals surface area contributed by atoms with E-state index in [9.17, 15) is 4.39 Å². The van der Waals surface area contributed by atoms with E-state index in [0.29, 0.717) is 42.5 Å². The number of hydrogen-bond acceptors (Lipinski definition) is 8. The lowest BCUT2D eigenvalue weighted by molar-refractivity contribution is -0.00524. The van der Waals surface area contributed by atoms with Gasteiger partial charge in [-0.3, -0.25) is 5.01 Å². The van der Waals surface area contributed by atoms with E-state index in [1.54, 1.807) is 24.5 Å². The molecule has 0 aliphatic carbocycles. The first kappa shape index (κ1) is 27.1. The molecule has 1 fully saturated rings. The Kier molecular flexibility index (Phi) is 7.29. The van der Waals surface area contributed by atoms with Gasteiger partial charge in [0.1, 0.15) is 41.2 Å². The summed E-state index contributed by atoms with van der Waals surface area (Å²) in [5, 5.41) is 6.83. The van der Waals surface area contributed by atoms with Crippen LogP contribution in [0.2, 0.25) is 0 Å². The molecule has 3 aliphatic rings. The molecule has 1 aromatic heterocycles. The Balaban J connectivity index is 1.21. The topological polar surface area (TPSA) is 103 Å². The van der Waals surface area contributed by atoms with Gasteiger partial charge in [-0.1, -0.05) is 0 Å². The highest BCUT2D eigenvalue weighted by Crippen LogP contribution is 2.42. The van der Waals surface area contributed by atoms with Crippen molar-refractivity contribution in [2.24, 2.45) is 33.8 Å². The fourth-order valence-electron chi connectivity index (χ4n) is 5.92. The summed E-state index contributed by atoms with van der Waals surface area (Å²) in [6, 6.07) is 9.24. The maximum Gasteiger partial charge on any atom is 0.162 e. The second-order valence-corrected chi connectivity index (χ2v) is 10.9. The highest BCUT2D eigenvalue weighted by Gasteiger charge is 2.53. The van der Waals surface area contributed by atoms with Crippen LogP contribution < -0.4 is 10.5 Å². The van der Waals surface area contributed by atoms with E-state index in [-0.39, 0.29) is 11.8 Å². The third-order valence-corrected chi connectivity index (χ3v) is 8.06. The second kappa shape index (κ2) is 11.0. The number of nitrogens with two attached hydrogens (primary N) is 1. The highest BCUT2D eigenvalue weighted by molar-refractivity contribution is 6.17. The first-order valence-electron chi connectivity index (χ1n) is 13.9. The lowest BCUT2D eigenvalue weighted by Crippen LogP contribution is -2.55. The standard InChI is InChI=1S/C30H33F2N7O2/c1-30-27(29(33)35-17-36-30)28(37-39(30)21-8-10-40-11-9-21)25-7-6-23(15-26(25)32)41-24-13-19(12-20(31)14-24)4-3-5-22-16-34-18-38(22)2/h6-7,12-18,21,27H,3-5,8-11H2,1-2H3,(H2,33,35,36). The van der Waals surface area contributed by atoms with Crippen LogP contribution in [0.5, 0.6) is 11.5 Å². The van der Waals surface area contributed by atoms with Crippen LogP contribution in [-0.2, 0) is 24.6 Å². The molecule has 0 spiro atoms. The van der Waals surface area contributed by atoms with Gasteiger partial charge >= 0.3 is 0 Å². The molecule has 41 heavy (non-hydrogen) atoms. The number of aliphatic imine (C=N–C) groups is 2. The molecule has 3 aliphatic heterocycles. The van der Waals surface area contributed by atoms with Gasteiger partial charge < -0.3 is 19.8 Å². The molecule has 1 saturated heterocycles. The van der Waals surface area contributed by atoms with E-state index < -0.39 is 23.2 Å². The van der Waals surface area contributed by atoms with Crippen LogP contribution in [0.1, 0.15) is 43.0 Å². The number of aryl methyl sites for hydroxylation is 3. The van der Waals surface area contributed by atoms with Crippen molar-refractivity contribution in [3.05, 3.63) is 77.4 Å². The van der Waals surface area contributed by atoms with Crippen LogP contribution in [0.15, 0.2) is 64.0 Å². The first-order chi connectivity index (χ1) is 19.8. The average molecular weight is 562 g/mol. The van der Waals surface area contributed by atoms with Crippen LogP contribution in [0.3, 0.4) is 0 Å². The molecular weight excluding hydrogens is 528 g/mol. The van der Waals surface area contributed by atoms with E-state index in [4.69, 9.17) is 20.3 Å². The first-order valence-corrected chi connectivity index (χ1v) is 13.9. The normalized spacial score (nSPS) is 22.4. The summed E-state index contributed by atoms with van der Waals surface area (Å²) < 4.78 is 43.5. The quantitative estimate of drug-likeness (QED) is 0.433. The summed E-state index contributed by atoms with van der Waals surface area (Å²) >= 11 is 0. The lowest BCUT2D eigenvalue weighted by Gasteiger charge is -2.41. The van der Waals surface area contributed by atoms with E-state index in [1.165, 1.54) is 24.5 Å². The zero-order chi connectivity index (χ0) is 28.6. The number of aromatic nitrogens is 2. The Bertz CT molecular complexity index is 1530. The van der Waals surface area contributed by atoms with Crippen LogP contribution in [0.4, 0.5) is 8.78 Å². The average Bonchev–Trinajstić information content (AvgIpc) is 3.49. The van der Waals surface area contributed by atoms with Crippen molar-refractivity contribution in [2.45, 2.75) is 50.7 Å². The van der Waals surface area contributed by atoms with Gasteiger partial charge in [-0.25, -0.2) is 23.7 Å². The summed E-state index contributed by atoms with van der Waals surface area (Å²) in [4.78, 5) is 13.0. The molecule has 4 heterocycles. The molecule has 11 heteroatoms. The predicted molar refractivity (Wildman–Crippen MR) is 152 cm³/mol. The number of fused-ring (bicyclic) bond motifs is 1. The number of imidazole rings is 1. The molecule has 0 saturated carbocycles. The van der Waals surface area contributed by atoms with E-state index in [0.717, 1.165) is 36.9 Å². The predicted octanol–water partition coefficient (Wildman–Crippen LogP) is 4.60. The molecular formula is C30H33F2N7O2. The Morgan fingerprint density at radius 2 is 1.93 bits per heavy atom. The van der Waals surface area contributed by atoms with Crippen molar-refractivity contribution in [1.29, 1.82) is 0 Å². The molecule has 3 aromatic rings. The van der Waals surface area contributed by atoms with Gasteiger partial charge in [0.15, 0.2) is 5.66 Å². The molecule has 2 N–H and O–H groups in total. The number of ether oxygens (including phenoxy) is 2. The minimum Gasteiger partial charge on any atom is -0.457 e. The minimum absolute atomic E-state index is 0.0915. The van der Waals surface area contributed by atoms with E-state index in [1.807, 2.05) is 29.7 Å². The van der Waals surface area contributed by atoms with Gasteiger partial charge in [0.2, 0.25) is 0 Å². The Morgan fingerprint density at radius 1 is 1.10 bits per heavy atom. The van der Waals surface area contributed by atoms with Crippen molar-refractivity contribution >= 4 is 17.9 Å². The van der Waals surface area contributed by atoms with Crippen LogP contribution in [0, 0.1) is 17.6 Å². The summed E-state index contributed by atoms with van der Waals surface area (Å²) in [7, 11) is 1.95. The summed E-state index contributed by atoms with van der Waals surface area (Å²) in [6.07, 6.45) is 8.96. The summed E-state index contributed by atoms with van der Waals surface area (Å²) in [5.41, 5.74) is 8.23. The van der Waals surface area contributed by atoms with Gasteiger partial charge in [0, 0.05) is 49.8 Å². The number of rotatable bonds is 8. The van der Waals surface area contributed by atoms with Gasteiger partial charge in [0.05, 0.1) is 18.1 Å². The number of nitrogens with zero attached hydrogens (tertiary/aromatic N) is 6. The molecule has 2 atom stereocenters. The van der Waals surface area contributed by atoms with Crippen molar-refractivity contribution in [3.63, 3.8) is 0 Å². The largest absolute Gasteiger partial charge is 0.457 e. The second-order valence-electron chi connectivity index (χ2n) is 10.9. The SMILES string of the molecule is Cn1cncc1CCCc1cc(F)cc(Oc2ccc(C3=NN(C4CCOCC4)C4(C)N=CN=C(N)C34)c(F)c2)c1. The Hall–Kier alpha value is -4.12. The number of hydrazone groups is 1. The Morgan fingerprint density at radius 3 is 2.68 bits per heavy atom. The third-order valence-electron chi connectivity index (χ3n) is 8.06. The van der Waals surface area contributed by atoms with Crippen molar-refractivity contribution in [2.75, 3.05) is 13.2 Å². The van der Waals surface area contributed by atoms with Crippen molar-refractivity contribution in [3.8, 4) is 11.5 Å². The maximum atomic E-state index is 15.7. The molecule has 2 unspecified atom stereocenters. The smallest absolute Gasteiger partial charge is 0.162 e. The zero-order valence-corrected chi connectivity index (χ0v) is 23.1. The Labute approximate surface area is 237 Å². The number of hydrogen-bond donors (Lipinski definition) is 1. The molecule has 0 amide bonds. The summed E-state index contributed by atoms with van der Waals surface area (Å²) in [6.45, 7) is 3.22. The summed E-state index contributed by atoms with van der Waals surface area (Å²) in [5.74, 6) is -0.533. The highest BCUT2D eigenvalue weighted by atomic mass is 19.1. The van der Waals surface area contributed by atoms with E-state index in [2.05, 4.69) is 15.0 Å².